The van der Waals surface area contributed by atoms with Crippen LogP contribution in [0.25, 0.3) is 59.9 Å². The summed E-state index contributed by atoms with van der Waals surface area (Å²) in [5, 5.41) is 22.5. The molecule has 0 saturated carbocycles. The Hall–Kier alpha value is -5.99. The Balaban J connectivity index is 1.13. The van der Waals surface area contributed by atoms with Gasteiger partial charge in [-0.05, 0) is 48.1 Å². The molecule has 4 unspecified atom stereocenters. The Morgan fingerprint density at radius 1 is 0.520 bits per heavy atom. The van der Waals surface area contributed by atoms with E-state index in [4.69, 9.17) is 15.6 Å². The second-order valence-corrected chi connectivity index (χ2v) is 12.9. The lowest BCUT2D eigenvalue weighted by molar-refractivity contribution is 0.345. The lowest BCUT2D eigenvalue weighted by Gasteiger charge is -2.51. The summed E-state index contributed by atoms with van der Waals surface area (Å²) in [6.07, 6.45) is 2.72. The van der Waals surface area contributed by atoms with Gasteiger partial charge in [0.2, 0.25) is 0 Å². The van der Waals surface area contributed by atoms with E-state index in [2.05, 4.69) is 159 Å². The number of nitrogens with one attached hydrogen (secondary N) is 2. The minimum Gasteiger partial charge on any atom is -0.652 e. The number of nitrogens with zero attached hydrogens (tertiary/aromatic N) is 5. The molecule has 4 atom stereocenters. The molecule has 0 spiro atoms. The maximum Gasteiger partial charge on any atom is 0.0815 e. The van der Waals surface area contributed by atoms with Crippen molar-refractivity contribution in [2.45, 2.75) is 24.8 Å². The first-order chi connectivity index (χ1) is 24.8. The monoisotopic (exact) mass is 647 g/mol. The Morgan fingerprint density at radius 3 is 1.88 bits per heavy atom. The normalized spacial score (nSPS) is 20.8. The predicted octanol–water partition coefficient (Wildman–Crippen LogP) is 9.98. The first-order valence-electron chi connectivity index (χ1n) is 17.1. The summed E-state index contributed by atoms with van der Waals surface area (Å²) >= 11 is 0. The van der Waals surface area contributed by atoms with Crippen molar-refractivity contribution in [2.24, 2.45) is 4.99 Å². The molecule has 2 N–H and O–H groups in total. The summed E-state index contributed by atoms with van der Waals surface area (Å²) in [6.45, 7) is 0. The highest BCUT2D eigenvalue weighted by atomic mass is 15.4. The first kappa shape index (κ1) is 29.0. The summed E-state index contributed by atoms with van der Waals surface area (Å²) in [4.78, 5) is 5.34. The lowest BCUT2D eigenvalue weighted by Crippen LogP contribution is -2.51. The summed E-state index contributed by atoms with van der Waals surface area (Å²) in [7, 11) is 0. The van der Waals surface area contributed by atoms with E-state index in [0.29, 0.717) is 0 Å². The first-order valence-corrected chi connectivity index (χ1v) is 17.1. The van der Waals surface area contributed by atoms with Crippen LogP contribution in [0, 0.1) is 0 Å². The largest absolute Gasteiger partial charge is 0.652 e. The Labute approximate surface area is 289 Å². The molecule has 2 aliphatic heterocycles. The van der Waals surface area contributed by atoms with E-state index in [0.717, 1.165) is 39.1 Å². The molecule has 50 heavy (non-hydrogen) atoms. The highest BCUT2D eigenvalue weighted by Gasteiger charge is 2.24. The zero-order valence-electron chi connectivity index (χ0n) is 27.1. The summed E-state index contributed by atoms with van der Waals surface area (Å²) < 4.78 is 4.65. The number of aliphatic imine (C=N–C) groups is 1. The number of rotatable bonds is 5. The number of hydrogen-bond acceptors (Lipinski definition) is 3. The number of benzene rings is 6. The van der Waals surface area contributed by atoms with Gasteiger partial charge in [-0.3, -0.25) is 4.99 Å². The van der Waals surface area contributed by atoms with E-state index >= 15 is 0 Å². The number of para-hydroxylation sites is 3. The average molecular weight is 648 g/mol. The highest BCUT2D eigenvalue weighted by Crippen LogP contribution is 2.41. The minimum absolute atomic E-state index is 0.112. The molecule has 2 aliphatic rings. The second-order valence-electron chi connectivity index (χ2n) is 12.9. The van der Waals surface area contributed by atoms with Crippen LogP contribution in [0.4, 0.5) is 0 Å². The van der Waals surface area contributed by atoms with Crippen LogP contribution in [0.1, 0.15) is 29.7 Å². The third-order valence-electron chi connectivity index (χ3n) is 9.95. The summed E-state index contributed by atoms with van der Waals surface area (Å²) in [5.74, 6) is 0. The van der Waals surface area contributed by atoms with Crippen LogP contribution in [0.2, 0.25) is 0 Å². The van der Waals surface area contributed by atoms with Gasteiger partial charge in [0.05, 0.1) is 29.0 Å². The molecule has 10 rings (SSSR count). The predicted molar refractivity (Wildman–Crippen MR) is 205 cm³/mol. The molecule has 7 heteroatoms. The average Bonchev–Trinajstić information content (AvgIpc) is 3.70. The van der Waals surface area contributed by atoms with Crippen molar-refractivity contribution >= 4 is 49.3 Å². The Morgan fingerprint density at radius 2 is 1.12 bits per heavy atom. The van der Waals surface area contributed by atoms with Gasteiger partial charge in [0, 0.05) is 38.5 Å². The smallest absolute Gasteiger partial charge is 0.0815 e. The molecule has 242 valence electrons. The van der Waals surface area contributed by atoms with Gasteiger partial charge >= 0.3 is 0 Å². The number of fused-ring (bicyclic) bond motifs is 6. The molecule has 0 bridgehead atoms. The summed E-state index contributed by atoms with van der Waals surface area (Å²) in [5.41, 5.74) is 8.75. The van der Waals surface area contributed by atoms with Gasteiger partial charge in [0.15, 0.2) is 0 Å². The number of hydrogen-bond donors (Lipinski definition) is 2. The molecule has 7 nitrogen and oxygen atoms in total. The zero-order chi connectivity index (χ0) is 33.0. The Bertz CT molecular complexity index is 2520. The van der Waals surface area contributed by atoms with Crippen molar-refractivity contribution < 1.29 is 0 Å². The molecule has 0 amide bonds. The van der Waals surface area contributed by atoms with Crippen molar-refractivity contribution in [3.8, 4) is 5.69 Å². The maximum absolute atomic E-state index is 5.34. The van der Waals surface area contributed by atoms with Crippen molar-refractivity contribution in [1.82, 2.24) is 19.8 Å². The van der Waals surface area contributed by atoms with Gasteiger partial charge in [0.1, 0.15) is 0 Å². The third-order valence-corrected chi connectivity index (χ3v) is 9.95. The van der Waals surface area contributed by atoms with E-state index in [9.17, 15) is 0 Å². The second kappa shape index (κ2) is 11.9. The molecule has 2 aromatic heterocycles. The third kappa shape index (κ3) is 4.75. The van der Waals surface area contributed by atoms with Gasteiger partial charge in [-0.15, -0.1) is 0 Å². The van der Waals surface area contributed by atoms with Gasteiger partial charge in [0.25, 0.3) is 0 Å². The maximum atomic E-state index is 5.34. The molecule has 1 fully saturated rings. The molecule has 1 saturated heterocycles. The Kier molecular flexibility index (Phi) is 6.87. The van der Waals surface area contributed by atoms with Crippen LogP contribution in [-0.2, 0) is 0 Å². The van der Waals surface area contributed by atoms with Crippen LogP contribution in [0.5, 0.6) is 0 Å². The van der Waals surface area contributed by atoms with Gasteiger partial charge < -0.3 is 30.4 Å². The number of aromatic nitrogens is 2. The van der Waals surface area contributed by atoms with E-state index in [1.54, 1.807) is 0 Å². The molecular weight excluding hydrogens is 615 g/mol. The van der Waals surface area contributed by atoms with Crippen molar-refractivity contribution in [3.63, 3.8) is 0 Å². The van der Waals surface area contributed by atoms with Crippen LogP contribution in [-0.4, -0.2) is 21.0 Å². The fourth-order valence-electron chi connectivity index (χ4n) is 7.67. The van der Waals surface area contributed by atoms with Crippen molar-refractivity contribution in [2.75, 3.05) is 0 Å². The highest BCUT2D eigenvalue weighted by molar-refractivity contribution is 6.18. The standard InChI is InChI=1S/C43H33N7/c1-4-14-28(15-5-1)40-46-41(29-16-6-2-7-17-29)48-42(47-40)35-24-25-44-43(45-35)50-37-23-13-11-21-32(37)34-26-33-31-20-10-12-22-36(31)49(38(33)27-39(34)50)30-18-8-3-9-19-30/h1-27,40-43,46-47H/q-2. The van der Waals surface area contributed by atoms with Crippen molar-refractivity contribution in [1.29, 1.82) is 0 Å². The summed E-state index contributed by atoms with van der Waals surface area (Å²) in [6, 6.07) is 53.4. The molecule has 6 aromatic carbocycles. The molecule has 8 aromatic rings. The van der Waals surface area contributed by atoms with E-state index < -0.39 is 6.29 Å². The van der Waals surface area contributed by atoms with Crippen LogP contribution in [0.3, 0.4) is 0 Å². The topological polar surface area (TPSA) is 74.5 Å². The van der Waals surface area contributed by atoms with Crippen LogP contribution in [0.15, 0.2) is 169 Å². The lowest BCUT2D eigenvalue weighted by atomic mass is 10.1. The quantitative estimate of drug-likeness (QED) is 0.195. The molecule has 4 heterocycles. The van der Waals surface area contributed by atoms with E-state index in [1.165, 1.54) is 27.1 Å². The van der Waals surface area contributed by atoms with E-state index in [-0.39, 0.29) is 18.5 Å². The fraction of sp³-hybridized carbons (Fsp3) is 0.0930. The van der Waals surface area contributed by atoms with E-state index in [1.807, 2.05) is 24.4 Å². The van der Waals surface area contributed by atoms with Gasteiger partial charge in [-0.25, -0.2) is 0 Å². The van der Waals surface area contributed by atoms with Gasteiger partial charge in [-0.1, -0.05) is 133 Å². The molecular formula is C43H33N7-2. The zero-order valence-corrected chi connectivity index (χ0v) is 27.1. The fourth-order valence-corrected chi connectivity index (χ4v) is 7.67. The van der Waals surface area contributed by atoms with Crippen LogP contribution < -0.4 is 10.6 Å². The minimum atomic E-state index is -0.498. The van der Waals surface area contributed by atoms with Gasteiger partial charge in [-0.2, -0.15) is 6.20 Å². The van der Waals surface area contributed by atoms with Crippen LogP contribution >= 0.6 is 0 Å². The molecule has 0 radical (unpaired) electrons. The SMILES string of the molecule is C1=CC(C2[N-]C(c3ccccc3)NC(c3ccccc3)N2)=NC(n2c3ccccc3c3cc4c5ccccc5n(-c5ccccc5)c4cc32)[N-]1. The van der Waals surface area contributed by atoms with Crippen molar-refractivity contribution in [3.05, 3.63) is 186 Å². The molecule has 0 aliphatic carbocycles.